The van der Waals surface area contributed by atoms with Gasteiger partial charge in [0.1, 0.15) is 0 Å². The van der Waals surface area contributed by atoms with Crippen LogP contribution in [0.25, 0.3) is 0 Å². The first-order valence-electron chi connectivity index (χ1n) is 6.92. The third-order valence-electron chi connectivity index (χ3n) is 4.01. The van der Waals surface area contributed by atoms with Crippen LogP contribution in [0.2, 0.25) is 0 Å². The molecule has 0 spiro atoms. The van der Waals surface area contributed by atoms with E-state index in [0.717, 1.165) is 31.4 Å². The molecule has 0 aromatic carbocycles. The van der Waals surface area contributed by atoms with Crippen molar-refractivity contribution in [2.45, 2.75) is 49.9 Å². The highest BCUT2D eigenvalue weighted by atomic mass is 32.2. The van der Waals surface area contributed by atoms with Crippen LogP contribution < -0.4 is 10.6 Å². The Kier molecular flexibility index (Phi) is 4.96. The fourth-order valence-corrected chi connectivity index (χ4v) is 4.41. The predicted molar refractivity (Wildman–Crippen MR) is 75.1 cm³/mol. The molecule has 108 valence electrons. The molecule has 0 aliphatic carbocycles. The Morgan fingerprint density at radius 3 is 3.00 bits per heavy atom. The van der Waals surface area contributed by atoms with E-state index in [9.17, 15) is 9.59 Å². The van der Waals surface area contributed by atoms with Gasteiger partial charge in [0, 0.05) is 11.0 Å². The molecule has 2 heterocycles. The summed E-state index contributed by atoms with van der Waals surface area (Å²) in [6.07, 6.45) is 3.75. The summed E-state index contributed by atoms with van der Waals surface area (Å²) >= 11 is 1.92. The minimum Gasteiger partial charge on any atom is -0.469 e. The normalized spacial score (nSPS) is 30.4. The molecule has 0 bridgehead atoms. The van der Waals surface area contributed by atoms with Crippen molar-refractivity contribution >= 4 is 23.8 Å². The van der Waals surface area contributed by atoms with E-state index in [1.807, 2.05) is 18.7 Å². The summed E-state index contributed by atoms with van der Waals surface area (Å²) in [5.41, 5.74) is 0. The van der Waals surface area contributed by atoms with E-state index in [0.29, 0.717) is 5.25 Å². The molecule has 2 aliphatic rings. The van der Waals surface area contributed by atoms with E-state index in [4.69, 9.17) is 4.74 Å². The van der Waals surface area contributed by atoms with E-state index in [1.54, 1.807) is 0 Å². The number of ether oxygens (including phenoxy) is 1. The maximum atomic E-state index is 11.5. The predicted octanol–water partition coefficient (Wildman–Crippen LogP) is 1.52. The van der Waals surface area contributed by atoms with Gasteiger partial charge in [-0.2, -0.15) is 11.8 Å². The first-order valence-corrected chi connectivity index (χ1v) is 7.97. The topological polar surface area (TPSA) is 67.4 Å². The number of carbonyl (C=O) groups excluding carboxylic acids is 2. The van der Waals surface area contributed by atoms with Crippen LogP contribution in [0.1, 0.15) is 32.6 Å². The molecule has 0 unspecified atom stereocenters. The van der Waals surface area contributed by atoms with Gasteiger partial charge in [0.05, 0.1) is 25.1 Å². The number of urea groups is 1. The van der Waals surface area contributed by atoms with Gasteiger partial charge < -0.3 is 15.4 Å². The van der Waals surface area contributed by atoms with Crippen molar-refractivity contribution in [3.05, 3.63) is 0 Å². The molecule has 2 rings (SSSR count). The molecule has 19 heavy (non-hydrogen) atoms. The Morgan fingerprint density at radius 1 is 1.53 bits per heavy atom. The maximum Gasteiger partial charge on any atom is 0.315 e. The van der Waals surface area contributed by atoms with Gasteiger partial charge in [-0.1, -0.05) is 13.3 Å². The molecular weight excluding hydrogens is 264 g/mol. The molecule has 2 aliphatic heterocycles. The highest BCUT2D eigenvalue weighted by Crippen LogP contribution is 2.33. The minimum atomic E-state index is -0.102. The zero-order valence-electron chi connectivity index (χ0n) is 11.5. The number of carbonyl (C=O) groups is 2. The van der Waals surface area contributed by atoms with E-state index in [2.05, 4.69) is 10.6 Å². The van der Waals surface area contributed by atoms with Crippen molar-refractivity contribution in [2.24, 2.45) is 5.92 Å². The second-order valence-electron chi connectivity index (χ2n) is 5.18. The van der Waals surface area contributed by atoms with Crippen molar-refractivity contribution in [1.82, 2.24) is 10.6 Å². The summed E-state index contributed by atoms with van der Waals surface area (Å²) < 4.78 is 4.80. The Bertz CT molecular complexity index is 351. The van der Waals surface area contributed by atoms with Crippen LogP contribution >= 0.6 is 11.8 Å². The fourth-order valence-electron chi connectivity index (χ4n) is 2.86. The Balaban J connectivity index is 1.74. The van der Waals surface area contributed by atoms with Crippen LogP contribution in [-0.2, 0) is 9.53 Å². The van der Waals surface area contributed by atoms with E-state index >= 15 is 0 Å². The second kappa shape index (κ2) is 6.50. The van der Waals surface area contributed by atoms with E-state index in [-0.39, 0.29) is 30.0 Å². The summed E-state index contributed by atoms with van der Waals surface area (Å²) in [5.74, 6) is 0.904. The molecule has 0 radical (unpaired) electrons. The monoisotopic (exact) mass is 286 g/mol. The van der Waals surface area contributed by atoms with Gasteiger partial charge in [-0.15, -0.1) is 0 Å². The number of fused-ring (bicyclic) bond motifs is 1. The molecule has 2 saturated heterocycles. The van der Waals surface area contributed by atoms with Gasteiger partial charge in [0.2, 0.25) is 0 Å². The van der Waals surface area contributed by atoms with Gasteiger partial charge in [-0.25, -0.2) is 4.79 Å². The lowest BCUT2D eigenvalue weighted by Gasteiger charge is -2.18. The standard InChI is InChI=1S/C13H22N2O3S/c1-3-8(12(16)18-2)5-4-6-10-11-9(7-19-10)14-13(17)15-11/h8-11H,3-7H2,1-2H3,(H2,14,15,17)/t8-,9-,10-,11-/m0/s1. The number of nitrogens with one attached hydrogen (secondary N) is 2. The molecule has 2 amide bonds. The van der Waals surface area contributed by atoms with Gasteiger partial charge in [-0.05, 0) is 19.3 Å². The minimum absolute atomic E-state index is 0.0171. The van der Waals surface area contributed by atoms with Gasteiger partial charge in [0.25, 0.3) is 0 Å². The lowest BCUT2D eigenvalue weighted by Crippen LogP contribution is -2.36. The zero-order chi connectivity index (χ0) is 13.8. The number of hydrogen-bond donors (Lipinski definition) is 2. The van der Waals surface area contributed by atoms with Crippen molar-refractivity contribution < 1.29 is 14.3 Å². The molecule has 0 aromatic rings. The number of rotatable bonds is 6. The molecule has 4 atom stereocenters. The average molecular weight is 286 g/mol. The average Bonchev–Trinajstić information content (AvgIpc) is 2.94. The fraction of sp³-hybridized carbons (Fsp3) is 0.846. The van der Waals surface area contributed by atoms with Crippen LogP contribution in [0, 0.1) is 5.92 Å². The smallest absolute Gasteiger partial charge is 0.315 e. The highest BCUT2D eigenvalue weighted by molar-refractivity contribution is 8.00. The number of amides is 2. The number of methoxy groups -OCH3 is 1. The van der Waals surface area contributed by atoms with Crippen LogP contribution in [0.4, 0.5) is 4.79 Å². The first kappa shape index (κ1) is 14.5. The van der Waals surface area contributed by atoms with Gasteiger partial charge in [-0.3, -0.25) is 4.79 Å². The Morgan fingerprint density at radius 2 is 2.32 bits per heavy atom. The maximum absolute atomic E-state index is 11.5. The van der Waals surface area contributed by atoms with Gasteiger partial charge >= 0.3 is 12.0 Å². The van der Waals surface area contributed by atoms with Crippen LogP contribution in [0.3, 0.4) is 0 Å². The van der Waals surface area contributed by atoms with Crippen molar-refractivity contribution in [1.29, 1.82) is 0 Å². The summed E-state index contributed by atoms with van der Waals surface area (Å²) in [5, 5.41) is 6.40. The van der Waals surface area contributed by atoms with Crippen LogP contribution in [-0.4, -0.2) is 42.2 Å². The Labute approximate surface area is 118 Å². The summed E-state index contributed by atoms with van der Waals surface area (Å²) in [6.45, 7) is 2.02. The largest absolute Gasteiger partial charge is 0.469 e. The third kappa shape index (κ3) is 3.35. The van der Waals surface area contributed by atoms with Crippen molar-refractivity contribution in [3.63, 3.8) is 0 Å². The molecular formula is C13H22N2O3S. The highest BCUT2D eigenvalue weighted by Gasteiger charge is 2.42. The molecule has 2 N–H and O–H groups in total. The molecule has 0 saturated carbocycles. The number of thioether (sulfide) groups is 1. The third-order valence-corrected chi connectivity index (χ3v) is 5.52. The number of hydrogen-bond acceptors (Lipinski definition) is 4. The lowest BCUT2D eigenvalue weighted by molar-refractivity contribution is -0.145. The van der Waals surface area contributed by atoms with Crippen molar-refractivity contribution in [2.75, 3.05) is 12.9 Å². The molecule has 2 fully saturated rings. The Hall–Kier alpha value is -0.910. The zero-order valence-corrected chi connectivity index (χ0v) is 12.3. The van der Waals surface area contributed by atoms with E-state index in [1.165, 1.54) is 7.11 Å². The summed E-state index contributed by atoms with van der Waals surface area (Å²) in [4.78, 5) is 22.8. The molecule has 0 aromatic heterocycles. The SMILES string of the molecule is CC[C@@H](CCC[C@@H]1SC[C@@H]2NC(=O)N[C@@H]21)C(=O)OC. The molecule has 6 heteroatoms. The quantitative estimate of drug-likeness (QED) is 0.574. The second-order valence-corrected chi connectivity index (χ2v) is 6.45. The molecule has 5 nitrogen and oxygen atoms in total. The lowest BCUT2D eigenvalue weighted by atomic mass is 9.96. The van der Waals surface area contributed by atoms with Gasteiger partial charge in [0.15, 0.2) is 0 Å². The van der Waals surface area contributed by atoms with Crippen LogP contribution in [0.15, 0.2) is 0 Å². The summed E-state index contributed by atoms with van der Waals surface area (Å²) in [6, 6.07) is 0.502. The van der Waals surface area contributed by atoms with E-state index < -0.39 is 0 Å². The first-order chi connectivity index (χ1) is 9.15. The number of esters is 1. The van der Waals surface area contributed by atoms with Crippen molar-refractivity contribution in [3.8, 4) is 0 Å². The van der Waals surface area contributed by atoms with Crippen LogP contribution in [0.5, 0.6) is 0 Å². The summed E-state index contributed by atoms with van der Waals surface area (Å²) in [7, 11) is 1.45.